The maximum absolute atomic E-state index is 12.3. The van der Waals surface area contributed by atoms with Crippen molar-refractivity contribution in [2.75, 3.05) is 26.7 Å². The Hall–Kier alpha value is -1.29. The number of ether oxygens (including phenoxy) is 1. The first-order chi connectivity index (χ1) is 7.35. The molecule has 1 atom stereocenters. The molecule has 0 spiro atoms. The lowest BCUT2D eigenvalue weighted by atomic mass is 10.1. The van der Waals surface area contributed by atoms with E-state index in [1.807, 2.05) is 0 Å². The average molecular weight is 238 g/mol. The lowest BCUT2D eigenvalue weighted by Crippen LogP contribution is -2.39. The standard InChI is InChI=1S/C9H13F3N2O2/c1-3-14(6-8(15)16-2)5-7(4-13)9(10,11)12/h7H,3,5-6H2,1-2H3. The van der Waals surface area contributed by atoms with Crippen LogP contribution in [0.2, 0.25) is 0 Å². The second kappa shape index (κ2) is 6.33. The number of nitriles is 1. The van der Waals surface area contributed by atoms with Crippen LogP contribution in [0, 0.1) is 17.2 Å². The van der Waals surface area contributed by atoms with Crippen molar-refractivity contribution in [1.29, 1.82) is 5.26 Å². The van der Waals surface area contributed by atoms with E-state index in [0.717, 1.165) is 7.11 Å². The number of carbonyl (C=O) groups excluding carboxylic acids is 1. The van der Waals surface area contributed by atoms with Crippen LogP contribution in [0.4, 0.5) is 13.2 Å². The Labute approximate surface area is 91.6 Å². The van der Waals surface area contributed by atoms with Crippen LogP contribution in [0.3, 0.4) is 0 Å². The number of methoxy groups -OCH3 is 1. The molecule has 0 N–H and O–H groups in total. The number of rotatable bonds is 5. The highest BCUT2D eigenvalue weighted by Gasteiger charge is 2.40. The van der Waals surface area contributed by atoms with Crippen LogP contribution in [-0.4, -0.2) is 43.8 Å². The quantitative estimate of drug-likeness (QED) is 0.675. The van der Waals surface area contributed by atoms with Crippen LogP contribution in [0.1, 0.15) is 6.92 Å². The van der Waals surface area contributed by atoms with Gasteiger partial charge >= 0.3 is 12.1 Å². The van der Waals surface area contributed by atoms with Gasteiger partial charge in [-0.1, -0.05) is 6.92 Å². The molecule has 92 valence electrons. The molecular weight excluding hydrogens is 225 g/mol. The second-order valence-corrected chi connectivity index (χ2v) is 3.13. The second-order valence-electron chi connectivity index (χ2n) is 3.13. The molecule has 0 bridgehead atoms. The smallest absolute Gasteiger partial charge is 0.405 e. The van der Waals surface area contributed by atoms with Gasteiger partial charge in [0.25, 0.3) is 0 Å². The Morgan fingerprint density at radius 1 is 1.56 bits per heavy atom. The van der Waals surface area contributed by atoms with E-state index in [1.165, 1.54) is 11.0 Å². The molecule has 4 nitrogen and oxygen atoms in total. The van der Waals surface area contributed by atoms with Gasteiger partial charge in [-0.3, -0.25) is 9.69 Å². The fourth-order valence-corrected chi connectivity index (χ4v) is 1.03. The van der Waals surface area contributed by atoms with Gasteiger partial charge in [-0.2, -0.15) is 18.4 Å². The minimum atomic E-state index is -4.57. The van der Waals surface area contributed by atoms with Gasteiger partial charge in [-0.25, -0.2) is 0 Å². The van der Waals surface area contributed by atoms with Crippen molar-refractivity contribution >= 4 is 5.97 Å². The van der Waals surface area contributed by atoms with Crippen LogP contribution in [-0.2, 0) is 9.53 Å². The van der Waals surface area contributed by atoms with Gasteiger partial charge in [0.2, 0.25) is 0 Å². The molecule has 0 aromatic carbocycles. The van der Waals surface area contributed by atoms with Crippen molar-refractivity contribution in [3.63, 3.8) is 0 Å². The van der Waals surface area contributed by atoms with Gasteiger partial charge in [0.15, 0.2) is 5.92 Å². The largest absolute Gasteiger partial charge is 0.468 e. The molecule has 16 heavy (non-hydrogen) atoms. The van der Waals surface area contributed by atoms with E-state index in [1.54, 1.807) is 6.92 Å². The molecule has 0 heterocycles. The highest BCUT2D eigenvalue weighted by Crippen LogP contribution is 2.26. The minimum absolute atomic E-state index is 0.239. The third kappa shape index (κ3) is 4.98. The molecule has 0 saturated heterocycles. The van der Waals surface area contributed by atoms with Crippen LogP contribution in [0.15, 0.2) is 0 Å². The number of nitrogens with zero attached hydrogens (tertiary/aromatic N) is 2. The number of halogens is 3. The molecule has 0 aromatic heterocycles. The Kier molecular flexibility index (Phi) is 5.82. The Morgan fingerprint density at radius 2 is 2.12 bits per heavy atom. The minimum Gasteiger partial charge on any atom is -0.468 e. The molecule has 0 aliphatic heterocycles. The van der Waals surface area contributed by atoms with Gasteiger partial charge in [-0.05, 0) is 6.54 Å². The first-order valence-electron chi connectivity index (χ1n) is 4.60. The zero-order valence-electron chi connectivity index (χ0n) is 9.04. The van der Waals surface area contributed by atoms with Gasteiger partial charge < -0.3 is 4.74 Å². The molecule has 0 radical (unpaired) electrons. The molecule has 0 rings (SSSR count). The van der Waals surface area contributed by atoms with E-state index < -0.39 is 24.6 Å². The lowest BCUT2D eigenvalue weighted by molar-refractivity contribution is -0.165. The highest BCUT2D eigenvalue weighted by molar-refractivity contribution is 5.71. The summed E-state index contributed by atoms with van der Waals surface area (Å²) in [6.45, 7) is 1.07. The molecule has 1 unspecified atom stereocenters. The zero-order valence-corrected chi connectivity index (χ0v) is 9.04. The summed E-state index contributed by atoms with van der Waals surface area (Å²) in [5.41, 5.74) is 0. The van der Waals surface area contributed by atoms with E-state index in [2.05, 4.69) is 4.74 Å². The Morgan fingerprint density at radius 3 is 2.44 bits per heavy atom. The molecule has 0 aliphatic rings. The molecule has 0 aliphatic carbocycles. The molecule has 0 fully saturated rings. The number of likely N-dealkylation sites (N-methyl/N-ethyl adjacent to an activating group) is 1. The fraction of sp³-hybridized carbons (Fsp3) is 0.778. The van der Waals surface area contributed by atoms with Gasteiger partial charge in [0.05, 0.1) is 19.7 Å². The Bertz CT molecular complexity index is 273. The molecule has 0 saturated carbocycles. The first kappa shape index (κ1) is 14.7. The monoisotopic (exact) mass is 238 g/mol. The number of esters is 1. The summed E-state index contributed by atoms with van der Waals surface area (Å²) >= 11 is 0. The summed E-state index contributed by atoms with van der Waals surface area (Å²) in [5.74, 6) is -2.71. The summed E-state index contributed by atoms with van der Waals surface area (Å²) in [6.07, 6.45) is -4.57. The summed E-state index contributed by atoms with van der Waals surface area (Å²) in [5, 5.41) is 8.38. The highest BCUT2D eigenvalue weighted by atomic mass is 19.4. The normalized spacial score (nSPS) is 13.3. The van der Waals surface area contributed by atoms with E-state index in [9.17, 15) is 18.0 Å². The van der Waals surface area contributed by atoms with Gasteiger partial charge in [0.1, 0.15) is 0 Å². The predicted octanol–water partition coefficient (Wildman–Crippen LogP) is 1.18. The molecule has 0 amide bonds. The maximum Gasteiger partial charge on any atom is 0.405 e. The maximum atomic E-state index is 12.3. The number of carbonyl (C=O) groups is 1. The van der Waals surface area contributed by atoms with Gasteiger partial charge in [0, 0.05) is 6.54 Å². The number of alkyl halides is 3. The van der Waals surface area contributed by atoms with E-state index >= 15 is 0 Å². The molecule has 0 aromatic rings. The third-order valence-electron chi connectivity index (χ3n) is 2.02. The Balaban J connectivity index is 4.41. The van der Waals surface area contributed by atoms with Crippen LogP contribution in [0.5, 0.6) is 0 Å². The van der Waals surface area contributed by atoms with Crippen molar-refractivity contribution < 1.29 is 22.7 Å². The molecular formula is C9H13F3N2O2. The lowest BCUT2D eigenvalue weighted by Gasteiger charge is -2.22. The van der Waals surface area contributed by atoms with Crippen LogP contribution >= 0.6 is 0 Å². The fourth-order valence-electron chi connectivity index (χ4n) is 1.03. The van der Waals surface area contributed by atoms with Gasteiger partial charge in [-0.15, -0.1) is 0 Å². The van der Waals surface area contributed by atoms with Crippen LogP contribution < -0.4 is 0 Å². The van der Waals surface area contributed by atoms with Crippen molar-refractivity contribution in [3.05, 3.63) is 0 Å². The zero-order chi connectivity index (χ0) is 12.8. The third-order valence-corrected chi connectivity index (χ3v) is 2.02. The summed E-state index contributed by atoms with van der Waals surface area (Å²) in [4.78, 5) is 12.1. The predicted molar refractivity (Wildman–Crippen MR) is 49.3 cm³/mol. The van der Waals surface area contributed by atoms with Crippen molar-refractivity contribution in [3.8, 4) is 6.07 Å². The van der Waals surface area contributed by atoms with Crippen molar-refractivity contribution in [1.82, 2.24) is 4.90 Å². The van der Waals surface area contributed by atoms with E-state index in [4.69, 9.17) is 5.26 Å². The van der Waals surface area contributed by atoms with Crippen molar-refractivity contribution in [2.45, 2.75) is 13.1 Å². The number of hydrogen-bond donors (Lipinski definition) is 0. The average Bonchev–Trinajstić information content (AvgIpc) is 2.21. The summed E-state index contributed by atoms with van der Waals surface area (Å²) < 4.78 is 41.2. The van der Waals surface area contributed by atoms with E-state index in [-0.39, 0.29) is 13.1 Å². The SMILES string of the molecule is CCN(CC(=O)OC)CC(C#N)C(F)(F)F. The van der Waals surface area contributed by atoms with Crippen molar-refractivity contribution in [2.24, 2.45) is 5.92 Å². The number of hydrogen-bond acceptors (Lipinski definition) is 4. The summed E-state index contributed by atoms with van der Waals surface area (Å²) in [7, 11) is 1.15. The topological polar surface area (TPSA) is 53.3 Å². The molecule has 7 heteroatoms. The summed E-state index contributed by atoms with van der Waals surface area (Å²) in [6, 6.07) is 1.18. The first-order valence-corrected chi connectivity index (χ1v) is 4.60. The van der Waals surface area contributed by atoms with E-state index in [0.29, 0.717) is 0 Å². The van der Waals surface area contributed by atoms with Crippen LogP contribution in [0.25, 0.3) is 0 Å².